The van der Waals surface area contributed by atoms with Gasteiger partial charge in [-0.1, -0.05) is 0 Å². The summed E-state index contributed by atoms with van der Waals surface area (Å²) in [5.41, 5.74) is 1.30. The van der Waals surface area contributed by atoms with Crippen molar-refractivity contribution in [2.24, 2.45) is 0 Å². The fourth-order valence-electron chi connectivity index (χ4n) is 2.99. The van der Waals surface area contributed by atoms with Crippen LogP contribution in [0.15, 0.2) is 18.3 Å². The Morgan fingerprint density at radius 1 is 1.38 bits per heavy atom. The van der Waals surface area contributed by atoms with E-state index in [9.17, 15) is 18.0 Å². The van der Waals surface area contributed by atoms with Gasteiger partial charge in [0.15, 0.2) is 5.69 Å². The third-order valence-electron chi connectivity index (χ3n) is 4.20. The molecule has 0 atom stereocenters. The highest BCUT2D eigenvalue weighted by molar-refractivity contribution is 5.92. The highest BCUT2D eigenvalue weighted by Gasteiger charge is 2.40. The van der Waals surface area contributed by atoms with Crippen LogP contribution in [0, 0.1) is 6.92 Å². The van der Waals surface area contributed by atoms with Crippen molar-refractivity contribution in [1.82, 2.24) is 14.8 Å². The number of nitrogens with zero attached hydrogens (tertiary/aromatic N) is 4. The quantitative estimate of drug-likeness (QED) is 0.865. The summed E-state index contributed by atoms with van der Waals surface area (Å²) in [6.07, 6.45) is -1.37. The highest BCUT2D eigenvalue weighted by atomic mass is 19.4. The molecule has 0 unspecified atom stereocenters. The summed E-state index contributed by atoms with van der Waals surface area (Å²) in [6.45, 7) is 1.59. The number of rotatable bonds is 3. The largest absolute Gasteiger partial charge is 0.435 e. The van der Waals surface area contributed by atoms with E-state index in [2.05, 4.69) is 10.1 Å². The van der Waals surface area contributed by atoms with E-state index in [-0.39, 0.29) is 18.0 Å². The SMILES string of the molecule is Cc1cc(N(C)C(=O)Cn2nc(C(F)(F)F)c3c2CCC3)ccn1. The van der Waals surface area contributed by atoms with Crippen LogP contribution in [0.25, 0.3) is 0 Å². The minimum atomic E-state index is -4.49. The Hall–Kier alpha value is -2.38. The van der Waals surface area contributed by atoms with Crippen LogP contribution >= 0.6 is 0 Å². The summed E-state index contributed by atoms with van der Waals surface area (Å²) in [5, 5.41) is 3.67. The molecule has 0 N–H and O–H groups in total. The van der Waals surface area contributed by atoms with Gasteiger partial charge in [0, 0.05) is 35.9 Å². The molecule has 2 heterocycles. The van der Waals surface area contributed by atoms with E-state index in [1.165, 1.54) is 9.58 Å². The topological polar surface area (TPSA) is 51.0 Å². The molecule has 1 amide bonds. The fourth-order valence-corrected chi connectivity index (χ4v) is 2.99. The average Bonchev–Trinajstić information content (AvgIpc) is 3.09. The third kappa shape index (κ3) is 3.00. The predicted molar refractivity (Wildman–Crippen MR) is 81.6 cm³/mol. The molecule has 0 spiro atoms. The molecule has 1 aliphatic carbocycles. The van der Waals surface area contributed by atoms with Gasteiger partial charge in [-0.3, -0.25) is 14.5 Å². The summed E-state index contributed by atoms with van der Waals surface area (Å²) in [5.74, 6) is -0.327. The third-order valence-corrected chi connectivity index (χ3v) is 4.20. The van der Waals surface area contributed by atoms with Crippen LogP contribution < -0.4 is 4.90 Å². The van der Waals surface area contributed by atoms with Gasteiger partial charge in [-0.05, 0) is 38.3 Å². The van der Waals surface area contributed by atoms with E-state index in [1.54, 1.807) is 32.3 Å². The van der Waals surface area contributed by atoms with Crippen LogP contribution in [0.1, 0.15) is 29.1 Å². The number of likely N-dealkylation sites (N-methyl/N-ethyl adjacent to an activating group) is 1. The standard InChI is InChI=1S/C16H17F3N4O/c1-10-8-11(6-7-20-10)22(2)14(24)9-23-13-5-3-4-12(13)15(21-23)16(17,18)19/h6-8H,3-5,9H2,1-2H3. The van der Waals surface area contributed by atoms with Crippen LogP contribution in [0.4, 0.5) is 18.9 Å². The summed E-state index contributed by atoms with van der Waals surface area (Å²) in [4.78, 5) is 17.9. The Bertz CT molecular complexity index is 782. The average molecular weight is 338 g/mol. The normalized spacial score (nSPS) is 13.9. The first-order valence-corrected chi connectivity index (χ1v) is 7.62. The fraction of sp³-hybridized carbons (Fsp3) is 0.438. The number of hydrogen-bond donors (Lipinski definition) is 0. The molecule has 0 radical (unpaired) electrons. The minimum absolute atomic E-state index is 0.212. The lowest BCUT2D eigenvalue weighted by molar-refractivity contribution is -0.142. The van der Waals surface area contributed by atoms with Crippen molar-refractivity contribution in [3.63, 3.8) is 0 Å². The molecule has 0 fully saturated rings. The first-order valence-electron chi connectivity index (χ1n) is 7.62. The van der Waals surface area contributed by atoms with Gasteiger partial charge in [0.25, 0.3) is 0 Å². The van der Waals surface area contributed by atoms with Crippen molar-refractivity contribution in [1.29, 1.82) is 0 Å². The molecule has 1 aliphatic rings. The second-order valence-corrected chi connectivity index (χ2v) is 5.89. The molecular weight excluding hydrogens is 321 g/mol. The number of amides is 1. The van der Waals surface area contributed by atoms with Gasteiger partial charge < -0.3 is 4.90 Å². The molecule has 24 heavy (non-hydrogen) atoms. The Morgan fingerprint density at radius 2 is 2.12 bits per heavy atom. The van der Waals surface area contributed by atoms with Crippen LogP contribution in [-0.2, 0) is 30.4 Å². The van der Waals surface area contributed by atoms with Gasteiger partial charge in [-0.25, -0.2) is 0 Å². The number of halogens is 3. The Labute approximate surface area is 137 Å². The molecule has 2 aromatic rings. The minimum Gasteiger partial charge on any atom is -0.314 e. The first kappa shape index (κ1) is 16.5. The maximum atomic E-state index is 13.1. The number of alkyl halides is 3. The lowest BCUT2D eigenvalue weighted by atomic mass is 10.2. The molecular formula is C16H17F3N4O. The lowest BCUT2D eigenvalue weighted by Gasteiger charge is -2.18. The molecule has 128 valence electrons. The molecule has 0 bridgehead atoms. The molecule has 8 heteroatoms. The van der Waals surface area contributed by atoms with Gasteiger partial charge >= 0.3 is 6.18 Å². The van der Waals surface area contributed by atoms with E-state index in [0.29, 0.717) is 30.6 Å². The van der Waals surface area contributed by atoms with Gasteiger partial charge in [-0.15, -0.1) is 0 Å². The first-order chi connectivity index (χ1) is 11.3. The molecule has 0 aromatic carbocycles. The van der Waals surface area contributed by atoms with Crippen molar-refractivity contribution >= 4 is 11.6 Å². The number of hydrogen-bond acceptors (Lipinski definition) is 3. The summed E-state index contributed by atoms with van der Waals surface area (Å²) in [6, 6.07) is 3.42. The Balaban J connectivity index is 1.85. The van der Waals surface area contributed by atoms with Crippen molar-refractivity contribution < 1.29 is 18.0 Å². The second kappa shape index (κ2) is 5.92. The number of anilines is 1. The molecule has 5 nitrogen and oxygen atoms in total. The zero-order valence-electron chi connectivity index (χ0n) is 13.4. The Morgan fingerprint density at radius 3 is 2.79 bits per heavy atom. The summed E-state index contributed by atoms with van der Waals surface area (Å²) >= 11 is 0. The lowest BCUT2D eigenvalue weighted by Crippen LogP contribution is -2.31. The van der Waals surface area contributed by atoms with Crippen molar-refractivity contribution in [2.45, 2.75) is 38.9 Å². The number of fused-ring (bicyclic) bond motifs is 1. The van der Waals surface area contributed by atoms with Gasteiger partial charge in [0.1, 0.15) is 6.54 Å². The smallest absolute Gasteiger partial charge is 0.314 e. The van der Waals surface area contributed by atoms with Crippen molar-refractivity contribution in [3.05, 3.63) is 41.0 Å². The molecule has 0 saturated carbocycles. The number of aromatic nitrogens is 3. The maximum Gasteiger partial charge on any atom is 0.435 e. The van der Waals surface area contributed by atoms with Gasteiger partial charge in [0.05, 0.1) is 0 Å². The molecule has 0 saturated heterocycles. The monoisotopic (exact) mass is 338 g/mol. The van der Waals surface area contributed by atoms with Gasteiger partial charge in [-0.2, -0.15) is 18.3 Å². The van der Waals surface area contributed by atoms with Crippen molar-refractivity contribution in [2.75, 3.05) is 11.9 Å². The number of carbonyl (C=O) groups is 1. The van der Waals surface area contributed by atoms with E-state index in [1.807, 2.05) is 0 Å². The number of pyridine rings is 1. The summed E-state index contributed by atoms with van der Waals surface area (Å²) < 4.78 is 40.5. The van der Waals surface area contributed by atoms with Crippen LogP contribution in [0.2, 0.25) is 0 Å². The van der Waals surface area contributed by atoms with Crippen LogP contribution in [-0.4, -0.2) is 27.7 Å². The van der Waals surface area contributed by atoms with E-state index in [0.717, 1.165) is 5.69 Å². The van der Waals surface area contributed by atoms with Crippen LogP contribution in [0.5, 0.6) is 0 Å². The van der Waals surface area contributed by atoms with E-state index >= 15 is 0 Å². The Kier molecular flexibility index (Phi) is 4.06. The molecule has 0 aliphatic heterocycles. The highest BCUT2D eigenvalue weighted by Crippen LogP contribution is 2.36. The van der Waals surface area contributed by atoms with Crippen molar-refractivity contribution in [3.8, 4) is 0 Å². The number of aryl methyl sites for hydroxylation is 1. The van der Waals surface area contributed by atoms with Crippen LogP contribution in [0.3, 0.4) is 0 Å². The van der Waals surface area contributed by atoms with E-state index in [4.69, 9.17) is 0 Å². The predicted octanol–water partition coefficient (Wildman–Crippen LogP) is 2.76. The zero-order chi connectivity index (χ0) is 17.5. The zero-order valence-corrected chi connectivity index (χ0v) is 13.4. The molecule has 3 rings (SSSR count). The summed E-state index contributed by atoms with van der Waals surface area (Å²) in [7, 11) is 1.59. The number of carbonyl (C=O) groups excluding carboxylic acids is 1. The molecule has 2 aromatic heterocycles. The second-order valence-electron chi connectivity index (χ2n) is 5.89. The van der Waals surface area contributed by atoms with Gasteiger partial charge in [0.2, 0.25) is 5.91 Å². The van der Waals surface area contributed by atoms with E-state index < -0.39 is 11.9 Å². The maximum absolute atomic E-state index is 13.1.